The summed E-state index contributed by atoms with van der Waals surface area (Å²) >= 11 is 8.98. The van der Waals surface area contributed by atoms with E-state index in [0.717, 1.165) is 0 Å². The summed E-state index contributed by atoms with van der Waals surface area (Å²) in [4.78, 5) is 11.4. The predicted octanol–water partition coefficient (Wildman–Crippen LogP) is 3.55. The van der Waals surface area contributed by atoms with Crippen LogP contribution < -0.4 is 0 Å². The average molecular weight is 296 g/mol. The van der Waals surface area contributed by atoms with E-state index in [-0.39, 0.29) is 28.1 Å². The second-order valence-electron chi connectivity index (χ2n) is 2.74. The summed E-state index contributed by atoms with van der Waals surface area (Å²) in [6, 6.07) is 2.52. The minimum absolute atomic E-state index is 0.102. The lowest BCUT2D eigenvalue weighted by Gasteiger charge is -2.07. The molecule has 5 heteroatoms. The lowest BCUT2D eigenvalue weighted by molar-refractivity contribution is 0.0526. The van der Waals surface area contributed by atoms with Crippen molar-refractivity contribution >= 4 is 33.5 Å². The van der Waals surface area contributed by atoms with E-state index in [0.29, 0.717) is 0 Å². The quantitative estimate of drug-likeness (QED) is 0.629. The number of ether oxygens (including phenoxy) is 1. The maximum absolute atomic E-state index is 13.2. The fourth-order valence-corrected chi connectivity index (χ4v) is 2.09. The number of carbonyl (C=O) groups is 1. The molecule has 0 spiro atoms. The van der Waals surface area contributed by atoms with Gasteiger partial charge < -0.3 is 4.74 Å². The summed E-state index contributed by atoms with van der Waals surface area (Å²) in [7, 11) is 0. The van der Waals surface area contributed by atoms with Crippen LogP contribution in [0.4, 0.5) is 4.39 Å². The van der Waals surface area contributed by atoms with Crippen molar-refractivity contribution in [2.24, 2.45) is 0 Å². The fourth-order valence-electron chi connectivity index (χ4n) is 1.09. The van der Waals surface area contributed by atoms with Gasteiger partial charge in [-0.15, -0.1) is 0 Å². The van der Waals surface area contributed by atoms with Crippen molar-refractivity contribution in [3.63, 3.8) is 0 Å². The van der Waals surface area contributed by atoms with E-state index in [4.69, 9.17) is 16.3 Å². The summed E-state index contributed by atoms with van der Waals surface area (Å²) in [5.74, 6) is -0.977. The molecule has 0 bridgehead atoms. The van der Waals surface area contributed by atoms with Crippen molar-refractivity contribution in [2.75, 3.05) is 6.61 Å². The Bertz CT molecular complexity index is 382. The van der Waals surface area contributed by atoms with Crippen LogP contribution in [0.2, 0.25) is 5.02 Å². The van der Waals surface area contributed by atoms with Crippen LogP contribution in [0.3, 0.4) is 0 Å². The van der Waals surface area contributed by atoms with E-state index < -0.39 is 11.8 Å². The summed E-state index contributed by atoms with van der Waals surface area (Å²) in [5.41, 5.74) is 0.455. The molecule has 0 radical (unpaired) electrons. The molecule has 0 aliphatic rings. The Morgan fingerprint density at radius 1 is 1.60 bits per heavy atom. The van der Waals surface area contributed by atoms with E-state index in [9.17, 15) is 9.18 Å². The van der Waals surface area contributed by atoms with Gasteiger partial charge in [0.15, 0.2) is 0 Å². The number of esters is 1. The number of hydrogen-bond donors (Lipinski definition) is 0. The Morgan fingerprint density at radius 2 is 2.27 bits per heavy atom. The second kappa shape index (κ2) is 5.47. The molecular formula is C10H9BrClFO2. The molecule has 0 N–H and O–H groups in total. The van der Waals surface area contributed by atoms with Gasteiger partial charge in [0.2, 0.25) is 0 Å². The molecule has 1 rings (SSSR count). The van der Waals surface area contributed by atoms with Crippen molar-refractivity contribution in [1.82, 2.24) is 0 Å². The number of halogens is 3. The lowest BCUT2D eigenvalue weighted by Crippen LogP contribution is -2.07. The zero-order valence-electron chi connectivity index (χ0n) is 8.02. The van der Waals surface area contributed by atoms with Crippen LogP contribution in [0.25, 0.3) is 0 Å². The lowest BCUT2D eigenvalue weighted by atomic mass is 10.1. The molecule has 0 amide bonds. The first kappa shape index (κ1) is 12.5. The Hall–Kier alpha value is -0.610. The molecule has 0 atom stereocenters. The van der Waals surface area contributed by atoms with Crippen molar-refractivity contribution in [1.29, 1.82) is 0 Å². The Balaban J connectivity index is 3.15. The van der Waals surface area contributed by atoms with E-state index >= 15 is 0 Å². The van der Waals surface area contributed by atoms with Gasteiger partial charge >= 0.3 is 5.97 Å². The molecule has 0 unspecified atom stereocenters. The second-order valence-corrected chi connectivity index (χ2v) is 3.68. The highest BCUT2D eigenvalue weighted by molar-refractivity contribution is 9.08. The summed E-state index contributed by atoms with van der Waals surface area (Å²) < 4.78 is 18.0. The summed E-state index contributed by atoms with van der Waals surface area (Å²) in [6.45, 7) is 1.96. The molecule has 0 aliphatic heterocycles. The third kappa shape index (κ3) is 2.69. The van der Waals surface area contributed by atoms with Crippen LogP contribution in [0.1, 0.15) is 22.8 Å². The zero-order valence-corrected chi connectivity index (χ0v) is 10.4. The number of benzene rings is 1. The largest absolute Gasteiger partial charge is 0.462 e. The minimum Gasteiger partial charge on any atom is -0.462 e. The number of carbonyl (C=O) groups excluding carboxylic acids is 1. The third-order valence-corrected chi connectivity index (χ3v) is 2.81. The van der Waals surface area contributed by atoms with E-state index in [1.165, 1.54) is 12.1 Å². The Labute approximate surface area is 101 Å². The first-order valence-electron chi connectivity index (χ1n) is 4.31. The molecule has 15 heavy (non-hydrogen) atoms. The highest BCUT2D eigenvalue weighted by Gasteiger charge is 2.16. The topological polar surface area (TPSA) is 26.3 Å². The number of hydrogen-bond acceptors (Lipinski definition) is 2. The Kier molecular flexibility index (Phi) is 4.54. The molecule has 1 aromatic carbocycles. The molecule has 0 saturated heterocycles. The number of alkyl halides is 1. The van der Waals surface area contributed by atoms with Gasteiger partial charge in [-0.05, 0) is 19.1 Å². The van der Waals surface area contributed by atoms with Crippen LogP contribution >= 0.6 is 27.5 Å². The van der Waals surface area contributed by atoms with E-state index in [1.807, 2.05) is 0 Å². The minimum atomic E-state index is -0.537. The van der Waals surface area contributed by atoms with Crippen molar-refractivity contribution < 1.29 is 13.9 Å². The normalized spacial score (nSPS) is 10.1. The first-order valence-corrected chi connectivity index (χ1v) is 5.81. The smallest absolute Gasteiger partial charge is 0.339 e. The molecule has 0 saturated carbocycles. The van der Waals surface area contributed by atoms with Crippen LogP contribution in [-0.2, 0) is 10.1 Å². The van der Waals surface area contributed by atoms with Crippen LogP contribution in [0, 0.1) is 5.82 Å². The van der Waals surface area contributed by atoms with Gasteiger partial charge in [0.05, 0.1) is 17.2 Å². The highest BCUT2D eigenvalue weighted by Crippen LogP contribution is 2.26. The monoisotopic (exact) mass is 294 g/mol. The molecule has 1 aromatic rings. The average Bonchev–Trinajstić information content (AvgIpc) is 2.18. The van der Waals surface area contributed by atoms with Gasteiger partial charge in [-0.3, -0.25) is 0 Å². The van der Waals surface area contributed by atoms with Gasteiger partial charge in [-0.1, -0.05) is 27.5 Å². The van der Waals surface area contributed by atoms with Crippen LogP contribution in [0.15, 0.2) is 12.1 Å². The van der Waals surface area contributed by atoms with Crippen LogP contribution in [0.5, 0.6) is 0 Å². The van der Waals surface area contributed by atoms with Crippen molar-refractivity contribution in [3.05, 3.63) is 34.1 Å². The molecule has 0 heterocycles. The SMILES string of the molecule is CCOC(=O)c1ccc(F)c(CBr)c1Cl. The van der Waals surface area contributed by atoms with Crippen molar-refractivity contribution in [3.8, 4) is 0 Å². The number of rotatable bonds is 3. The fraction of sp³-hybridized carbons (Fsp3) is 0.300. The maximum Gasteiger partial charge on any atom is 0.339 e. The zero-order chi connectivity index (χ0) is 11.4. The van der Waals surface area contributed by atoms with Gasteiger partial charge in [-0.2, -0.15) is 0 Å². The van der Waals surface area contributed by atoms with Gasteiger partial charge in [-0.25, -0.2) is 9.18 Å². The van der Waals surface area contributed by atoms with E-state index in [1.54, 1.807) is 6.92 Å². The van der Waals surface area contributed by atoms with Gasteiger partial charge in [0.1, 0.15) is 5.82 Å². The summed E-state index contributed by atoms with van der Waals surface area (Å²) in [5, 5.41) is 0.357. The van der Waals surface area contributed by atoms with Gasteiger partial charge in [0, 0.05) is 10.9 Å². The van der Waals surface area contributed by atoms with Crippen LogP contribution in [-0.4, -0.2) is 12.6 Å². The predicted molar refractivity (Wildman–Crippen MR) is 60.0 cm³/mol. The molecule has 2 nitrogen and oxygen atoms in total. The Morgan fingerprint density at radius 3 is 2.80 bits per heavy atom. The molecule has 82 valence electrons. The molecule has 0 aromatic heterocycles. The maximum atomic E-state index is 13.2. The first-order chi connectivity index (χ1) is 7.11. The summed E-state index contributed by atoms with van der Waals surface area (Å²) in [6.07, 6.45) is 0. The van der Waals surface area contributed by atoms with Gasteiger partial charge in [0.25, 0.3) is 0 Å². The van der Waals surface area contributed by atoms with Crippen molar-refractivity contribution in [2.45, 2.75) is 12.3 Å². The third-order valence-electron chi connectivity index (χ3n) is 1.82. The molecular weight excluding hydrogens is 286 g/mol. The molecule has 0 aliphatic carbocycles. The molecule has 0 fully saturated rings. The highest BCUT2D eigenvalue weighted by atomic mass is 79.9. The standard InChI is InChI=1S/C10H9BrClFO2/c1-2-15-10(14)6-3-4-8(13)7(5-11)9(6)12/h3-4H,2,5H2,1H3. The van der Waals surface area contributed by atoms with E-state index in [2.05, 4.69) is 15.9 Å².